The van der Waals surface area contributed by atoms with Gasteiger partial charge in [-0.15, -0.1) is 11.8 Å². The molecule has 0 radical (unpaired) electrons. The number of hydrogen-bond donors (Lipinski definition) is 1. The van der Waals surface area contributed by atoms with Gasteiger partial charge in [0, 0.05) is 16.1 Å². The Morgan fingerprint density at radius 3 is 2.93 bits per heavy atom. The first-order valence-electron chi connectivity index (χ1n) is 5.01. The van der Waals surface area contributed by atoms with Gasteiger partial charge in [0.15, 0.2) is 0 Å². The normalized spacial score (nSPS) is 15.6. The van der Waals surface area contributed by atoms with Crippen molar-refractivity contribution in [2.75, 3.05) is 12.4 Å². The van der Waals surface area contributed by atoms with Crippen molar-refractivity contribution in [3.63, 3.8) is 0 Å². The van der Waals surface area contributed by atoms with Gasteiger partial charge in [0.05, 0.1) is 6.61 Å². The summed E-state index contributed by atoms with van der Waals surface area (Å²) in [5.74, 6) is 1.19. The van der Waals surface area contributed by atoms with E-state index in [9.17, 15) is 5.11 Å². The van der Waals surface area contributed by atoms with Crippen molar-refractivity contribution in [3.8, 4) is 0 Å². The Balaban J connectivity index is 2.49. The smallest absolute Gasteiger partial charge is 0.0522 e. The Morgan fingerprint density at radius 2 is 2.21 bits per heavy atom. The second-order valence-corrected chi connectivity index (χ2v) is 5.56. The highest BCUT2D eigenvalue weighted by atomic mass is 32.2. The van der Waals surface area contributed by atoms with Crippen molar-refractivity contribution in [1.82, 2.24) is 0 Å². The zero-order chi connectivity index (χ0) is 10.2. The summed E-state index contributed by atoms with van der Waals surface area (Å²) in [4.78, 5) is 1.41. The molecule has 0 saturated carbocycles. The van der Waals surface area contributed by atoms with E-state index >= 15 is 0 Å². The number of thioether (sulfide) groups is 1. The van der Waals surface area contributed by atoms with Crippen LogP contribution >= 0.6 is 11.8 Å². The maximum atomic E-state index is 9.37. The summed E-state index contributed by atoms with van der Waals surface area (Å²) in [7, 11) is 0. The van der Waals surface area contributed by atoms with Crippen LogP contribution < -0.4 is 0 Å². The van der Waals surface area contributed by atoms with E-state index in [1.165, 1.54) is 21.8 Å². The highest BCUT2D eigenvalue weighted by Crippen LogP contribution is 2.37. The summed E-state index contributed by atoms with van der Waals surface area (Å²) in [5, 5.41) is 9.37. The predicted molar refractivity (Wildman–Crippen MR) is 61.0 cm³/mol. The van der Waals surface area contributed by atoms with Gasteiger partial charge in [0.25, 0.3) is 0 Å². The molecule has 1 heterocycles. The molecule has 1 aromatic carbocycles. The highest BCUT2D eigenvalue weighted by molar-refractivity contribution is 7.99. The van der Waals surface area contributed by atoms with Gasteiger partial charge in [-0.1, -0.05) is 26.0 Å². The van der Waals surface area contributed by atoms with Crippen LogP contribution in [-0.4, -0.2) is 17.5 Å². The molecular weight excluding hydrogens is 192 g/mol. The summed E-state index contributed by atoms with van der Waals surface area (Å²) in [6, 6.07) is 6.44. The van der Waals surface area contributed by atoms with Crippen LogP contribution in [0, 0.1) is 0 Å². The van der Waals surface area contributed by atoms with E-state index < -0.39 is 0 Å². The van der Waals surface area contributed by atoms with Crippen LogP contribution in [0.5, 0.6) is 0 Å². The molecule has 1 aromatic rings. The minimum absolute atomic E-state index is 0.101. The van der Waals surface area contributed by atoms with Crippen molar-refractivity contribution in [1.29, 1.82) is 0 Å². The molecule has 76 valence electrons. The average Bonchev–Trinajstić information content (AvgIpc) is 2.64. The fourth-order valence-corrected chi connectivity index (χ4v) is 3.03. The Bertz CT molecular complexity index is 344. The molecule has 2 rings (SSSR count). The fourth-order valence-electron chi connectivity index (χ4n) is 1.94. The number of fused-ring (bicyclic) bond motifs is 1. The van der Waals surface area contributed by atoms with Gasteiger partial charge in [-0.05, 0) is 23.6 Å². The molecule has 0 fully saturated rings. The molecule has 1 aliphatic heterocycles. The maximum Gasteiger partial charge on any atom is 0.0522 e. The topological polar surface area (TPSA) is 20.2 Å². The molecule has 0 spiro atoms. The minimum Gasteiger partial charge on any atom is -0.395 e. The molecule has 14 heavy (non-hydrogen) atoms. The third-order valence-electron chi connectivity index (χ3n) is 2.87. The summed E-state index contributed by atoms with van der Waals surface area (Å²) in [6.45, 7) is 4.42. The van der Waals surface area contributed by atoms with Crippen LogP contribution in [0.25, 0.3) is 0 Å². The lowest BCUT2D eigenvalue weighted by atomic mass is 9.82. The van der Waals surface area contributed by atoms with Crippen molar-refractivity contribution in [3.05, 3.63) is 29.3 Å². The molecule has 0 amide bonds. The number of aliphatic hydroxyl groups excluding tert-OH is 1. The summed E-state index contributed by atoms with van der Waals surface area (Å²) < 4.78 is 0. The third-order valence-corrected chi connectivity index (χ3v) is 3.97. The molecule has 0 unspecified atom stereocenters. The monoisotopic (exact) mass is 208 g/mol. The molecule has 1 nitrogen and oxygen atoms in total. The van der Waals surface area contributed by atoms with E-state index in [4.69, 9.17) is 0 Å². The van der Waals surface area contributed by atoms with E-state index in [0.29, 0.717) is 0 Å². The average molecular weight is 208 g/mol. The van der Waals surface area contributed by atoms with Crippen LogP contribution in [-0.2, 0) is 11.8 Å². The van der Waals surface area contributed by atoms with Crippen molar-refractivity contribution >= 4 is 11.8 Å². The Labute approximate surface area is 89.5 Å². The van der Waals surface area contributed by atoms with Crippen molar-refractivity contribution in [2.45, 2.75) is 30.6 Å². The number of hydrogen-bond acceptors (Lipinski definition) is 2. The first-order chi connectivity index (χ1) is 6.65. The first kappa shape index (κ1) is 10.1. The molecule has 0 saturated heterocycles. The van der Waals surface area contributed by atoms with Gasteiger partial charge in [-0.2, -0.15) is 0 Å². The van der Waals surface area contributed by atoms with E-state index in [2.05, 4.69) is 32.0 Å². The van der Waals surface area contributed by atoms with Crippen LogP contribution in [0.3, 0.4) is 0 Å². The predicted octanol–water partition coefficient (Wildman–Crippen LogP) is 2.60. The molecule has 1 N–H and O–H groups in total. The van der Waals surface area contributed by atoms with Gasteiger partial charge >= 0.3 is 0 Å². The van der Waals surface area contributed by atoms with Gasteiger partial charge in [-0.3, -0.25) is 0 Å². The second kappa shape index (κ2) is 3.59. The molecule has 0 bridgehead atoms. The zero-order valence-corrected chi connectivity index (χ0v) is 9.53. The molecule has 0 atom stereocenters. The number of aliphatic hydroxyl groups is 1. The summed E-state index contributed by atoms with van der Waals surface area (Å²) in [5.41, 5.74) is 2.68. The lowest BCUT2D eigenvalue weighted by molar-refractivity contribution is 0.217. The quantitative estimate of drug-likeness (QED) is 0.806. The van der Waals surface area contributed by atoms with Gasteiger partial charge < -0.3 is 5.11 Å². The van der Waals surface area contributed by atoms with Crippen molar-refractivity contribution in [2.24, 2.45) is 0 Å². The molecule has 1 aliphatic rings. The van der Waals surface area contributed by atoms with Gasteiger partial charge in [-0.25, -0.2) is 0 Å². The van der Waals surface area contributed by atoms with Crippen molar-refractivity contribution < 1.29 is 5.11 Å². The van der Waals surface area contributed by atoms with E-state index in [-0.39, 0.29) is 12.0 Å². The summed E-state index contributed by atoms with van der Waals surface area (Å²) in [6.07, 6.45) is 1.15. The van der Waals surface area contributed by atoms with E-state index in [1.54, 1.807) is 0 Å². The van der Waals surface area contributed by atoms with E-state index in [0.717, 1.165) is 6.42 Å². The summed E-state index contributed by atoms with van der Waals surface area (Å²) >= 11 is 1.93. The number of benzene rings is 1. The van der Waals surface area contributed by atoms with Gasteiger partial charge in [0.1, 0.15) is 0 Å². The van der Waals surface area contributed by atoms with Crippen LogP contribution in [0.1, 0.15) is 25.0 Å². The van der Waals surface area contributed by atoms with Crippen LogP contribution in [0.2, 0.25) is 0 Å². The lowest BCUT2D eigenvalue weighted by Gasteiger charge is -2.25. The Morgan fingerprint density at radius 1 is 1.43 bits per heavy atom. The standard InChI is InChI=1S/C12H16OS/c1-12(2,8-13)10-4-3-5-11-9(10)6-7-14-11/h3-5,13H,6-8H2,1-2H3. The molecule has 0 aromatic heterocycles. The largest absolute Gasteiger partial charge is 0.395 e. The fraction of sp³-hybridized carbons (Fsp3) is 0.500. The maximum absolute atomic E-state index is 9.37. The van der Waals surface area contributed by atoms with Gasteiger partial charge in [0.2, 0.25) is 0 Å². The Kier molecular flexibility index (Phi) is 2.58. The third kappa shape index (κ3) is 1.57. The minimum atomic E-state index is -0.101. The lowest BCUT2D eigenvalue weighted by Crippen LogP contribution is -2.23. The highest BCUT2D eigenvalue weighted by Gasteiger charge is 2.25. The van der Waals surface area contributed by atoms with Crippen LogP contribution in [0.15, 0.2) is 23.1 Å². The SMILES string of the molecule is CC(C)(CO)c1cccc2c1CCS2. The Hall–Kier alpha value is -0.470. The zero-order valence-electron chi connectivity index (χ0n) is 8.71. The molecular formula is C12H16OS. The number of rotatable bonds is 2. The molecule has 2 heteroatoms. The molecule has 0 aliphatic carbocycles. The van der Waals surface area contributed by atoms with E-state index in [1.807, 2.05) is 11.8 Å². The second-order valence-electron chi connectivity index (χ2n) is 4.42. The van der Waals surface area contributed by atoms with Crippen LogP contribution in [0.4, 0.5) is 0 Å². The first-order valence-corrected chi connectivity index (χ1v) is 6.00.